The van der Waals surface area contributed by atoms with E-state index in [0.29, 0.717) is 63.9 Å². The lowest BCUT2D eigenvalue weighted by Gasteiger charge is -2.36. The van der Waals surface area contributed by atoms with Crippen molar-refractivity contribution in [3.8, 4) is 5.69 Å². The second-order valence-corrected chi connectivity index (χ2v) is 7.11. The first-order chi connectivity index (χ1) is 15.2. The van der Waals surface area contributed by atoms with Gasteiger partial charge in [0.2, 0.25) is 0 Å². The number of carbonyl (C=O) groups excluding carboxylic acids is 1. The van der Waals surface area contributed by atoms with Crippen molar-refractivity contribution in [2.24, 2.45) is 0 Å². The van der Waals surface area contributed by atoms with Gasteiger partial charge in [0.05, 0.1) is 24.2 Å². The van der Waals surface area contributed by atoms with Gasteiger partial charge in [-0.15, -0.1) is 0 Å². The largest absolute Gasteiger partial charge is 0.450 e. The predicted molar refractivity (Wildman–Crippen MR) is 120 cm³/mol. The summed E-state index contributed by atoms with van der Waals surface area (Å²) >= 11 is 0. The Hall–Kier alpha value is -3.07. The molecule has 2 aromatic rings. The molecule has 0 aliphatic carbocycles. The highest BCUT2D eigenvalue weighted by Crippen LogP contribution is 2.23. The third-order valence-electron chi connectivity index (χ3n) is 5.08. The van der Waals surface area contributed by atoms with Gasteiger partial charge in [0, 0.05) is 45.9 Å². The maximum Gasteiger partial charge on any atom is 0.409 e. The third-order valence-corrected chi connectivity index (χ3v) is 5.08. The van der Waals surface area contributed by atoms with Crippen LogP contribution in [-0.4, -0.2) is 73.3 Å². The average Bonchev–Trinajstić information content (AvgIpc) is 2.80. The lowest BCUT2D eigenvalue weighted by Crippen LogP contribution is -2.49. The van der Waals surface area contributed by atoms with Crippen LogP contribution in [0.4, 0.5) is 16.2 Å². The average molecular weight is 430 g/mol. The highest BCUT2D eigenvalue weighted by Gasteiger charge is 2.25. The van der Waals surface area contributed by atoms with Gasteiger partial charge in [0.1, 0.15) is 5.69 Å². The van der Waals surface area contributed by atoms with E-state index in [1.807, 2.05) is 37.3 Å². The van der Waals surface area contributed by atoms with Crippen LogP contribution in [-0.2, 0) is 9.47 Å². The zero-order valence-corrected chi connectivity index (χ0v) is 18.2. The Balaban J connectivity index is 1.81. The molecule has 9 heteroatoms. The fourth-order valence-corrected chi connectivity index (χ4v) is 3.48. The maximum atomic E-state index is 13.3. The number of rotatable bonds is 9. The molecule has 1 saturated heterocycles. The minimum Gasteiger partial charge on any atom is -0.450 e. The highest BCUT2D eigenvalue weighted by molar-refractivity contribution is 5.70. The van der Waals surface area contributed by atoms with Crippen LogP contribution in [0.15, 0.2) is 41.3 Å². The number of nitrogens with zero attached hydrogens (tertiary/aromatic N) is 4. The fourth-order valence-electron chi connectivity index (χ4n) is 3.48. The van der Waals surface area contributed by atoms with E-state index in [0.717, 1.165) is 12.1 Å². The molecule has 0 bridgehead atoms. The number of nitrogens with one attached hydrogen (secondary N) is 1. The zero-order valence-electron chi connectivity index (χ0n) is 18.2. The van der Waals surface area contributed by atoms with E-state index < -0.39 is 0 Å². The van der Waals surface area contributed by atoms with Crippen LogP contribution in [0.3, 0.4) is 0 Å². The normalized spacial score (nSPS) is 13.9. The van der Waals surface area contributed by atoms with Crippen LogP contribution in [0.1, 0.15) is 20.3 Å². The Morgan fingerprint density at radius 2 is 1.84 bits per heavy atom. The Labute approximate surface area is 182 Å². The summed E-state index contributed by atoms with van der Waals surface area (Å²) < 4.78 is 11.9. The van der Waals surface area contributed by atoms with Gasteiger partial charge in [-0.1, -0.05) is 18.2 Å². The van der Waals surface area contributed by atoms with Gasteiger partial charge in [-0.25, -0.2) is 4.79 Å². The fraction of sp³-hybridized carbons (Fsp3) is 0.500. The van der Waals surface area contributed by atoms with Crippen LogP contribution >= 0.6 is 0 Å². The van der Waals surface area contributed by atoms with Crippen molar-refractivity contribution < 1.29 is 14.3 Å². The van der Waals surface area contributed by atoms with Crippen molar-refractivity contribution in [1.29, 1.82) is 0 Å². The van der Waals surface area contributed by atoms with Crippen molar-refractivity contribution >= 4 is 17.5 Å². The lowest BCUT2D eigenvalue weighted by atomic mass is 10.2. The molecule has 0 radical (unpaired) electrons. The molecule has 1 aromatic heterocycles. The van der Waals surface area contributed by atoms with Gasteiger partial charge in [-0.05, 0) is 32.4 Å². The smallest absolute Gasteiger partial charge is 0.409 e. The third kappa shape index (κ3) is 5.75. The summed E-state index contributed by atoms with van der Waals surface area (Å²) in [6.45, 7) is 8.30. The number of carbonyl (C=O) groups is 1. The van der Waals surface area contributed by atoms with E-state index in [2.05, 4.69) is 15.3 Å². The topological polar surface area (TPSA) is 88.9 Å². The quantitative estimate of drug-likeness (QED) is 0.612. The molecule has 0 atom stereocenters. The van der Waals surface area contributed by atoms with E-state index in [4.69, 9.17) is 9.47 Å². The molecule has 168 valence electrons. The predicted octanol–water partition coefficient (Wildman–Crippen LogP) is 2.35. The summed E-state index contributed by atoms with van der Waals surface area (Å²) in [6.07, 6.45) is 2.21. The van der Waals surface area contributed by atoms with E-state index in [1.165, 1.54) is 4.68 Å². The van der Waals surface area contributed by atoms with E-state index in [9.17, 15) is 9.59 Å². The van der Waals surface area contributed by atoms with Crippen LogP contribution in [0.5, 0.6) is 0 Å². The van der Waals surface area contributed by atoms with Gasteiger partial charge in [0.15, 0.2) is 0 Å². The summed E-state index contributed by atoms with van der Waals surface area (Å²) in [5, 5.41) is 7.72. The Bertz CT molecular complexity index is 895. The number of para-hydroxylation sites is 1. The summed E-state index contributed by atoms with van der Waals surface area (Å²) in [6, 6.07) is 9.36. The number of hydrogen-bond donors (Lipinski definition) is 1. The van der Waals surface area contributed by atoms with Crippen molar-refractivity contribution in [2.75, 3.05) is 62.8 Å². The van der Waals surface area contributed by atoms with E-state index in [1.54, 1.807) is 18.0 Å². The summed E-state index contributed by atoms with van der Waals surface area (Å²) in [4.78, 5) is 29.1. The number of ether oxygens (including phenoxy) is 2. The monoisotopic (exact) mass is 429 g/mol. The first-order valence-electron chi connectivity index (χ1n) is 10.8. The van der Waals surface area contributed by atoms with Crippen molar-refractivity contribution in [3.05, 3.63) is 46.9 Å². The molecule has 1 N–H and O–H groups in total. The molecule has 0 spiro atoms. The van der Waals surface area contributed by atoms with Crippen LogP contribution in [0.2, 0.25) is 0 Å². The van der Waals surface area contributed by atoms with Crippen molar-refractivity contribution in [3.63, 3.8) is 0 Å². The van der Waals surface area contributed by atoms with Crippen molar-refractivity contribution in [2.45, 2.75) is 20.3 Å². The second-order valence-electron chi connectivity index (χ2n) is 7.11. The van der Waals surface area contributed by atoms with Crippen LogP contribution in [0.25, 0.3) is 5.69 Å². The number of amides is 1. The second kappa shape index (κ2) is 11.4. The maximum absolute atomic E-state index is 13.3. The van der Waals surface area contributed by atoms with Gasteiger partial charge in [-0.3, -0.25) is 4.79 Å². The highest BCUT2D eigenvalue weighted by atomic mass is 16.6. The summed E-state index contributed by atoms with van der Waals surface area (Å²) in [5.74, 6) is 0. The van der Waals surface area contributed by atoms with Gasteiger partial charge >= 0.3 is 6.09 Å². The van der Waals surface area contributed by atoms with E-state index >= 15 is 0 Å². The molecule has 9 nitrogen and oxygen atoms in total. The Morgan fingerprint density at radius 1 is 1.10 bits per heavy atom. The van der Waals surface area contributed by atoms with Gasteiger partial charge in [0.25, 0.3) is 5.56 Å². The first kappa shape index (κ1) is 22.6. The SMILES string of the molecule is CCOCCCNc1c(N2CCN(C(=O)OCC)CC2)cnn(-c2ccccc2)c1=O. The molecular weight excluding hydrogens is 398 g/mol. The molecule has 1 fully saturated rings. The molecule has 1 aliphatic rings. The molecule has 3 rings (SSSR count). The number of benzene rings is 1. The van der Waals surface area contributed by atoms with Crippen molar-refractivity contribution in [1.82, 2.24) is 14.7 Å². The minimum atomic E-state index is -0.297. The molecule has 0 saturated carbocycles. The summed E-state index contributed by atoms with van der Waals surface area (Å²) in [5.41, 5.74) is 1.77. The van der Waals surface area contributed by atoms with Crippen LogP contribution < -0.4 is 15.8 Å². The molecule has 1 aliphatic heterocycles. The molecule has 2 heterocycles. The van der Waals surface area contributed by atoms with Crippen LogP contribution in [0, 0.1) is 0 Å². The Morgan fingerprint density at radius 3 is 2.52 bits per heavy atom. The number of aromatic nitrogens is 2. The lowest BCUT2D eigenvalue weighted by molar-refractivity contribution is 0.105. The molecule has 0 unspecified atom stereocenters. The minimum absolute atomic E-state index is 0.201. The zero-order chi connectivity index (χ0) is 22.1. The molecule has 1 amide bonds. The van der Waals surface area contributed by atoms with E-state index in [-0.39, 0.29) is 11.7 Å². The number of piperazine rings is 1. The molecular formula is C22H31N5O4. The molecule has 31 heavy (non-hydrogen) atoms. The summed E-state index contributed by atoms with van der Waals surface area (Å²) in [7, 11) is 0. The van der Waals surface area contributed by atoms with Gasteiger partial charge in [-0.2, -0.15) is 9.78 Å². The molecule has 1 aromatic carbocycles. The Kier molecular flexibility index (Phi) is 8.28. The van der Waals surface area contributed by atoms with Gasteiger partial charge < -0.3 is 24.6 Å². The first-order valence-corrected chi connectivity index (χ1v) is 10.8. The standard InChI is InChI=1S/C22H31N5O4/c1-3-30-16-8-11-23-20-19(25-12-14-26(15-13-25)22(29)31-4-2)17-24-27(21(20)28)18-9-6-5-7-10-18/h5-7,9-10,17,23H,3-4,8,11-16H2,1-2H3. The number of anilines is 2. The number of hydrogen-bond acceptors (Lipinski definition) is 7.